The van der Waals surface area contributed by atoms with Gasteiger partial charge in [-0.15, -0.1) is 10.2 Å². The number of rotatable bonds is 3. The van der Waals surface area contributed by atoms with E-state index in [9.17, 15) is 4.79 Å². The first-order valence-electron chi connectivity index (χ1n) is 6.55. The summed E-state index contributed by atoms with van der Waals surface area (Å²) in [5.74, 6) is 0.264. The van der Waals surface area contributed by atoms with Crippen LogP contribution in [0.4, 0.5) is 0 Å². The fraction of sp³-hybridized carbons (Fsp3) is 0.538. The van der Waals surface area contributed by atoms with Crippen LogP contribution in [0.5, 0.6) is 0 Å². The van der Waals surface area contributed by atoms with Crippen LogP contribution < -0.4 is 0 Å². The van der Waals surface area contributed by atoms with E-state index in [4.69, 9.17) is 4.74 Å². The summed E-state index contributed by atoms with van der Waals surface area (Å²) in [6, 6.07) is 3.63. The third kappa shape index (κ3) is 2.07. The number of nitrogens with zero attached hydrogens (tertiary/aromatic N) is 4. The molecule has 0 amide bonds. The van der Waals surface area contributed by atoms with Crippen molar-refractivity contribution in [2.75, 3.05) is 7.11 Å². The standard InChI is InChI=1S/C13H16N4O2/c1-19-13(18)11(9-5-2-3-6-9)12-16-15-10-7-4-8-14-17(10)12/h4,7-9,11H,2-3,5-6H2,1H3. The number of fused-ring (bicyclic) bond motifs is 1. The second kappa shape index (κ2) is 4.95. The lowest BCUT2D eigenvalue weighted by Gasteiger charge is -2.18. The number of carbonyl (C=O) groups is 1. The Balaban J connectivity index is 2.05. The summed E-state index contributed by atoms with van der Waals surface area (Å²) < 4.78 is 6.59. The van der Waals surface area contributed by atoms with E-state index >= 15 is 0 Å². The zero-order valence-electron chi connectivity index (χ0n) is 10.8. The first-order valence-corrected chi connectivity index (χ1v) is 6.55. The van der Waals surface area contributed by atoms with Crippen molar-refractivity contribution in [3.8, 4) is 0 Å². The van der Waals surface area contributed by atoms with Crippen LogP contribution in [0.2, 0.25) is 0 Å². The molecule has 0 saturated heterocycles. The average molecular weight is 260 g/mol. The van der Waals surface area contributed by atoms with Gasteiger partial charge in [-0.25, -0.2) is 0 Å². The lowest BCUT2D eigenvalue weighted by molar-refractivity contribution is -0.144. The lowest BCUT2D eigenvalue weighted by Crippen LogP contribution is -2.24. The predicted octanol–water partition coefficient (Wildman–Crippen LogP) is 1.57. The Morgan fingerprint density at radius 1 is 1.42 bits per heavy atom. The molecule has 1 aliphatic carbocycles. The predicted molar refractivity (Wildman–Crippen MR) is 67.5 cm³/mol. The maximum Gasteiger partial charge on any atom is 0.316 e. The number of hydrogen-bond donors (Lipinski definition) is 0. The van der Waals surface area contributed by atoms with Crippen molar-refractivity contribution >= 4 is 11.6 Å². The molecular formula is C13H16N4O2. The van der Waals surface area contributed by atoms with Crippen LogP contribution in [0, 0.1) is 5.92 Å². The molecule has 6 heteroatoms. The van der Waals surface area contributed by atoms with Crippen LogP contribution in [0.25, 0.3) is 5.65 Å². The van der Waals surface area contributed by atoms with E-state index < -0.39 is 0 Å². The molecule has 3 rings (SSSR count). The smallest absolute Gasteiger partial charge is 0.316 e. The van der Waals surface area contributed by atoms with Crippen molar-refractivity contribution in [2.24, 2.45) is 5.92 Å². The van der Waals surface area contributed by atoms with Gasteiger partial charge in [0.05, 0.1) is 7.11 Å². The largest absolute Gasteiger partial charge is 0.468 e. The summed E-state index contributed by atoms with van der Waals surface area (Å²) in [5, 5.41) is 12.5. The van der Waals surface area contributed by atoms with E-state index in [0.717, 1.165) is 25.7 Å². The third-order valence-electron chi connectivity index (χ3n) is 3.81. The van der Waals surface area contributed by atoms with Gasteiger partial charge < -0.3 is 4.74 Å². The zero-order valence-corrected chi connectivity index (χ0v) is 10.8. The number of methoxy groups -OCH3 is 1. The van der Waals surface area contributed by atoms with Gasteiger partial charge in [-0.05, 0) is 30.9 Å². The van der Waals surface area contributed by atoms with Crippen LogP contribution >= 0.6 is 0 Å². The molecule has 0 aliphatic heterocycles. The molecule has 2 aromatic heterocycles. The molecule has 1 unspecified atom stereocenters. The molecule has 0 N–H and O–H groups in total. The highest BCUT2D eigenvalue weighted by Gasteiger charge is 2.36. The van der Waals surface area contributed by atoms with E-state index in [0.29, 0.717) is 11.5 Å². The number of aromatic nitrogens is 4. The SMILES string of the molecule is COC(=O)C(c1nnc2cccnn12)C1CCCC1. The quantitative estimate of drug-likeness (QED) is 0.783. The van der Waals surface area contributed by atoms with Gasteiger partial charge >= 0.3 is 5.97 Å². The Kier molecular flexibility index (Phi) is 3.15. The molecule has 0 spiro atoms. The van der Waals surface area contributed by atoms with Gasteiger partial charge in [0.1, 0.15) is 5.92 Å². The number of hydrogen-bond acceptors (Lipinski definition) is 5. The van der Waals surface area contributed by atoms with E-state index in [1.54, 1.807) is 16.8 Å². The molecule has 1 atom stereocenters. The molecule has 2 aromatic rings. The normalized spacial score (nSPS) is 17.7. The monoisotopic (exact) mass is 260 g/mol. The van der Waals surface area contributed by atoms with Crippen LogP contribution in [-0.2, 0) is 9.53 Å². The first kappa shape index (κ1) is 12.1. The highest BCUT2D eigenvalue weighted by Crippen LogP contribution is 2.37. The second-order valence-corrected chi connectivity index (χ2v) is 4.90. The van der Waals surface area contributed by atoms with Gasteiger partial charge in [0.25, 0.3) is 0 Å². The van der Waals surface area contributed by atoms with E-state index in [1.165, 1.54) is 7.11 Å². The Hall–Kier alpha value is -1.98. The third-order valence-corrected chi connectivity index (χ3v) is 3.81. The molecule has 6 nitrogen and oxygen atoms in total. The summed E-state index contributed by atoms with van der Waals surface area (Å²) in [6.07, 6.45) is 6.04. The summed E-state index contributed by atoms with van der Waals surface area (Å²) in [6.45, 7) is 0. The van der Waals surface area contributed by atoms with E-state index in [-0.39, 0.29) is 17.8 Å². The van der Waals surface area contributed by atoms with Gasteiger partial charge in [-0.2, -0.15) is 9.61 Å². The Morgan fingerprint density at radius 3 is 2.95 bits per heavy atom. The highest BCUT2D eigenvalue weighted by atomic mass is 16.5. The molecule has 1 saturated carbocycles. The van der Waals surface area contributed by atoms with Crippen LogP contribution in [0.3, 0.4) is 0 Å². The molecule has 0 aromatic carbocycles. The molecular weight excluding hydrogens is 244 g/mol. The van der Waals surface area contributed by atoms with E-state index in [1.807, 2.05) is 6.07 Å². The van der Waals surface area contributed by atoms with E-state index in [2.05, 4.69) is 15.3 Å². The summed E-state index contributed by atoms with van der Waals surface area (Å²) in [7, 11) is 1.42. The van der Waals surface area contributed by atoms with Crippen molar-refractivity contribution in [3.05, 3.63) is 24.2 Å². The molecule has 1 fully saturated rings. The molecule has 0 radical (unpaired) electrons. The number of ether oxygens (including phenoxy) is 1. The van der Waals surface area contributed by atoms with Crippen LogP contribution in [-0.4, -0.2) is 32.9 Å². The Labute approximate surface area is 110 Å². The van der Waals surface area contributed by atoms with Gasteiger partial charge in [-0.1, -0.05) is 12.8 Å². The molecule has 2 heterocycles. The number of carbonyl (C=O) groups excluding carboxylic acids is 1. The minimum atomic E-state index is -0.364. The van der Waals surface area contributed by atoms with Crippen molar-refractivity contribution in [2.45, 2.75) is 31.6 Å². The maximum atomic E-state index is 12.1. The molecule has 0 bridgehead atoms. The van der Waals surface area contributed by atoms with Gasteiger partial charge in [0, 0.05) is 6.20 Å². The minimum Gasteiger partial charge on any atom is -0.468 e. The van der Waals surface area contributed by atoms with Gasteiger partial charge in [0.2, 0.25) is 0 Å². The van der Waals surface area contributed by atoms with Crippen molar-refractivity contribution in [3.63, 3.8) is 0 Å². The molecule has 1 aliphatic rings. The topological polar surface area (TPSA) is 69.4 Å². The Morgan fingerprint density at radius 2 is 2.21 bits per heavy atom. The minimum absolute atomic E-state index is 0.244. The summed E-state index contributed by atoms with van der Waals surface area (Å²) >= 11 is 0. The summed E-state index contributed by atoms with van der Waals surface area (Å²) in [4.78, 5) is 12.1. The van der Waals surface area contributed by atoms with Crippen LogP contribution in [0.1, 0.15) is 37.4 Å². The highest BCUT2D eigenvalue weighted by molar-refractivity contribution is 5.77. The van der Waals surface area contributed by atoms with Crippen molar-refractivity contribution in [1.82, 2.24) is 19.8 Å². The first-order chi connectivity index (χ1) is 9.31. The van der Waals surface area contributed by atoms with Gasteiger partial charge in [0.15, 0.2) is 11.5 Å². The van der Waals surface area contributed by atoms with Crippen molar-refractivity contribution in [1.29, 1.82) is 0 Å². The van der Waals surface area contributed by atoms with Gasteiger partial charge in [-0.3, -0.25) is 4.79 Å². The molecule has 19 heavy (non-hydrogen) atoms. The zero-order chi connectivity index (χ0) is 13.2. The molecule has 100 valence electrons. The van der Waals surface area contributed by atoms with Crippen LogP contribution in [0.15, 0.2) is 18.3 Å². The fourth-order valence-electron chi connectivity index (χ4n) is 2.88. The Bertz CT molecular complexity index is 589. The average Bonchev–Trinajstić information content (AvgIpc) is 3.09. The fourth-order valence-corrected chi connectivity index (χ4v) is 2.88. The maximum absolute atomic E-state index is 12.1. The number of esters is 1. The summed E-state index contributed by atoms with van der Waals surface area (Å²) in [5.41, 5.74) is 0.657. The van der Waals surface area contributed by atoms with Crippen molar-refractivity contribution < 1.29 is 9.53 Å². The second-order valence-electron chi connectivity index (χ2n) is 4.90. The lowest BCUT2D eigenvalue weighted by atomic mass is 9.90.